The van der Waals surface area contributed by atoms with Crippen LogP contribution in [-0.2, 0) is 0 Å². The number of hydrogen-bond donors (Lipinski definition) is 1. The largest absolute Gasteiger partial charge is 0.478 e. The van der Waals surface area contributed by atoms with Gasteiger partial charge in [0.1, 0.15) is 0 Å². The van der Waals surface area contributed by atoms with Crippen LogP contribution in [0.2, 0.25) is 0 Å². The molecule has 0 radical (unpaired) electrons. The second-order valence-corrected chi connectivity index (χ2v) is 5.06. The van der Waals surface area contributed by atoms with Crippen LogP contribution in [0.15, 0.2) is 12.3 Å². The SMILES string of the molecule is CCCOc1ccnc(N2CCCC(CNC)C2)n1. The number of ether oxygens (including phenoxy) is 1. The van der Waals surface area contributed by atoms with Crippen LogP contribution in [0.3, 0.4) is 0 Å². The van der Waals surface area contributed by atoms with Crippen molar-refractivity contribution in [3.05, 3.63) is 12.3 Å². The third-order valence-electron chi connectivity index (χ3n) is 3.37. The Balaban J connectivity index is 1.99. The molecule has 2 heterocycles. The fourth-order valence-corrected chi connectivity index (χ4v) is 2.47. The molecule has 0 bridgehead atoms. The molecule has 1 aromatic rings. The standard InChI is InChI=1S/C14H24N4O/c1-3-9-19-13-6-7-16-14(17-13)18-8-4-5-12(11-18)10-15-2/h6-7,12,15H,3-5,8-11H2,1-2H3. The molecular formula is C14H24N4O. The minimum atomic E-state index is 0.683. The van der Waals surface area contributed by atoms with Crippen LogP contribution < -0.4 is 15.0 Å². The molecule has 0 aromatic carbocycles. The van der Waals surface area contributed by atoms with Gasteiger partial charge in [0.25, 0.3) is 0 Å². The Morgan fingerprint density at radius 3 is 3.21 bits per heavy atom. The highest BCUT2D eigenvalue weighted by Crippen LogP contribution is 2.21. The quantitative estimate of drug-likeness (QED) is 0.847. The van der Waals surface area contributed by atoms with E-state index in [4.69, 9.17) is 4.74 Å². The molecule has 0 amide bonds. The highest BCUT2D eigenvalue weighted by atomic mass is 16.5. The molecule has 1 fully saturated rings. The lowest BCUT2D eigenvalue weighted by Gasteiger charge is -2.32. The lowest BCUT2D eigenvalue weighted by molar-refractivity contribution is 0.304. The molecule has 0 aliphatic carbocycles. The molecule has 1 aromatic heterocycles. The predicted molar refractivity (Wildman–Crippen MR) is 76.7 cm³/mol. The molecule has 1 unspecified atom stereocenters. The molecule has 106 valence electrons. The summed E-state index contributed by atoms with van der Waals surface area (Å²) < 4.78 is 5.57. The zero-order valence-corrected chi connectivity index (χ0v) is 11.9. The first kappa shape index (κ1) is 14.1. The van der Waals surface area contributed by atoms with Gasteiger partial charge in [-0.2, -0.15) is 4.98 Å². The van der Waals surface area contributed by atoms with Crippen LogP contribution in [0.25, 0.3) is 0 Å². The molecule has 5 nitrogen and oxygen atoms in total. The van der Waals surface area contributed by atoms with Crippen molar-refractivity contribution < 1.29 is 4.74 Å². The van der Waals surface area contributed by atoms with Gasteiger partial charge in [-0.05, 0) is 38.8 Å². The van der Waals surface area contributed by atoms with Crippen LogP contribution in [0.5, 0.6) is 5.88 Å². The van der Waals surface area contributed by atoms with Crippen molar-refractivity contribution >= 4 is 5.95 Å². The van der Waals surface area contributed by atoms with Gasteiger partial charge < -0.3 is 15.0 Å². The van der Waals surface area contributed by atoms with E-state index < -0.39 is 0 Å². The van der Waals surface area contributed by atoms with Gasteiger partial charge in [-0.1, -0.05) is 6.92 Å². The highest BCUT2D eigenvalue weighted by Gasteiger charge is 2.21. The Morgan fingerprint density at radius 1 is 1.53 bits per heavy atom. The van der Waals surface area contributed by atoms with Gasteiger partial charge in [0.2, 0.25) is 11.8 Å². The van der Waals surface area contributed by atoms with Crippen LogP contribution in [0, 0.1) is 5.92 Å². The van der Waals surface area contributed by atoms with E-state index >= 15 is 0 Å². The summed E-state index contributed by atoms with van der Waals surface area (Å²) in [5.41, 5.74) is 0. The van der Waals surface area contributed by atoms with Crippen molar-refractivity contribution in [2.45, 2.75) is 26.2 Å². The highest BCUT2D eigenvalue weighted by molar-refractivity contribution is 5.32. The first-order valence-corrected chi connectivity index (χ1v) is 7.19. The first-order chi connectivity index (χ1) is 9.33. The first-order valence-electron chi connectivity index (χ1n) is 7.19. The van der Waals surface area contributed by atoms with Crippen LogP contribution in [-0.4, -0.2) is 43.3 Å². The number of anilines is 1. The summed E-state index contributed by atoms with van der Waals surface area (Å²) in [5.74, 6) is 2.17. The fourth-order valence-electron chi connectivity index (χ4n) is 2.47. The van der Waals surface area contributed by atoms with Gasteiger partial charge in [0.05, 0.1) is 6.61 Å². The van der Waals surface area contributed by atoms with Crippen LogP contribution in [0.4, 0.5) is 5.95 Å². The van der Waals surface area contributed by atoms with E-state index in [0.29, 0.717) is 18.4 Å². The number of hydrogen-bond acceptors (Lipinski definition) is 5. The minimum Gasteiger partial charge on any atom is -0.478 e. The van der Waals surface area contributed by atoms with Crippen molar-refractivity contribution in [3.63, 3.8) is 0 Å². The summed E-state index contributed by atoms with van der Waals surface area (Å²) in [7, 11) is 2.01. The molecule has 5 heteroatoms. The summed E-state index contributed by atoms with van der Waals surface area (Å²) >= 11 is 0. The second-order valence-electron chi connectivity index (χ2n) is 5.06. The van der Waals surface area contributed by atoms with E-state index in [1.54, 1.807) is 6.20 Å². The van der Waals surface area contributed by atoms with Gasteiger partial charge in [-0.3, -0.25) is 0 Å². The summed E-state index contributed by atoms with van der Waals surface area (Å²) in [4.78, 5) is 11.1. The maximum atomic E-state index is 5.57. The third-order valence-corrected chi connectivity index (χ3v) is 3.37. The minimum absolute atomic E-state index is 0.683. The Kier molecular flexibility index (Phi) is 5.39. The average Bonchev–Trinajstić information content (AvgIpc) is 2.46. The van der Waals surface area contributed by atoms with Gasteiger partial charge in [-0.15, -0.1) is 0 Å². The fraction of sp³-hybridized carbons (Fsp3) is 0.714. The van der Waals surface area contributed by atoms with Crippen molar-refractivity contribution in [2.24, 2.45) is 5.92 Å². The Bertz CT molecular complexity index is 383. The number of piperidine rings is 1. The smallest absolute Gasteiger partial charge is 0.228 e. The molecule has 2 rings (SSSR count). The van der Waals surface area contributed by atoms with Gasteiger partial charge in [0, 0.05) is 25.4 Å². The maximum Gasteiger partial charge on any atom is 0.228 e. The Labute approximate surface area is 115 Å². The number of nitrogens with one attached hydrogen (secondary N) is 1. The number of aromatic nitrogens is 2. The molecule has 1 N–H and O–H groups in total. The number of rotatable bonds is 6. The van der Waals surface area contributed by atoms with Crippen LogP contribution in [0.1, 0.15) is 26.2 Å². The maximum absolute atomic E-state index is 5.57. The normalized spacial score (nSPS) is 19.5. The molecule has 0 spiro atoms. The van der Waals surface area contributed by atoms with E-state index in [1.165, 1.54) is 12.8 Å². The molecule has 1 aliphatic heterocycles. The van der Waals surface area contributed by atoms with E-state index in [1.807, 2.05) is 13.1 Å². The lowest BCUT2D eigenvalue weighted by atomic mass is 9.98. The van der Waals surface area contributed by atoms with E-state index in [0.717, 1.165) is 32.0 Å². The van der Waals surface area contributed by atoms with Crippen molar-refractivity contribution in [3.8, 4) is 5.88 Å². The van der Waals surface area contributed by atoms with Crippen molar-refractivity contribution in [1.82, 2.24) is 15.3 Å². The summed E-state index contributed by atoms with van der Waals surface area (Å²) in [6.07, 6.45) is 5.27. The van der Waals surface area contributed by atoms with Gasteiger partial charge in [-0.25, -0.2) is 4.98 Å². The lowest BCUT2D eigenvalue weighted by Crippen LogP contribution is -2.39. The third kappa shape index (κ3) is 4.06. The van der Waals surface area contributed by atoms with E-state index in [2.05, 4.69) is 27.1 Å². The molecule has 1 atom stereocenters. The summed E-state index contributed by atoms with van der Waals surface area (Å²) in [6.45, 7) is 5.92. The Hall–Kier alpha value is -1.36. The molecule has 19 heavy (non-hydrogen) atoms. The molecule has 1 saturated heterocycles. The predicted octanol–water partition coefficient (Wildman–Crippen LogP) is 1.70. The van der Waals surface area contributed by atoms with Gasteiger partial charge in [0.15, 0.2) is 0 Å². The van der Waals surface area contributed by atoms with Gasteiger partial charge >= 0.3 is 0 Å². The zero-order valence-electron chi connectivity index (χ0n) is 11.9. The van der Waals surface area contributed by atoms with Crippen molar-refractivity contribution in [2.75, 3.05) is 38.2 Å². The van der Waals surface area contributed by atoms with Crippen molar-refractivity contribution in [1.29, 1.82) is 0 Å². The van der Waals surface area contributed by atoms with E-state index in [9.17, 15) is 0 Å². The van der Waals surface area contributed by atoms with Crippen LogP contribution >= 0.6 is 0 Å². The topological polar surface area (TPSA) is 50.3 Å². The second kappa shape index (κ2) is 7.28. The number of nitrogens with zero attached hydrogens (tertiary/aromatic N) is 3. The Morgan fingerprint density at radius 2 is 2.42 bits per heavy atom. The average molecular weight is 264 g/mol. The molecule has 1 aliphatic rings. The monoisotopic (exact) mass is 264 g/mol. The summed E-state index contributed by atoms with van der Waals surface area (Å²) in [5, 5.41) is 3.26. The van der Waals surface area contributed by atoms with E-state index in [-0.39, 0.29) is 0 Å². The molecule has 0 saturated carbocycles. The zero-order chi connectivity index (χ0) is 13.5. The summed E-state index contributed by atoms with van der Waals surface area (Å²) in [6, 6.07) is 1.83. The molecular weight excluding hydrogens is 240 g/mol.